The first-order chi connectivity index (χ1) is 7.18. The van der Waals surface area contributed by atoms with Crippen molar-refractivity contribution in [2.24, 2.45) is 5.73 Å². The van der Waals surface area contributed by atoms with Crippen LogP contribution in [0, 0.1) is 0 Å². The summed E-state index contributed by atoms with van der Waals surface area (Å²) in [6, 6.07) is 9.35. The van der Waals surface area contributed by atoms with Crippen LogP contribution in [-0.2, 0) is 20.9 Å². The van der Waals surface area contributed by atoms with Gasteiger partial charge in [-0.2, -0.15) is 0 Å². The number of benzene rings is 1. The highest BCUT2D eigenvalue weighted by atomic mass is 16.5. The second-order valence-electron chi connectivity index (χ2n) is 3.11. The Morgan fingerprint density at radius 2 is 1.80 bits per heavy atom. The lowest BCUT2D eigenvalue weighted by atomic mass is 10.2. The molecule has 1 aromatic rings. The molecule has 4 nitrogen and oxygen atoms in total. The summed E-state index contributed by atoms with van der Waals surface area (Å²) in [5.74, 6) is -0.899. The molecule has 0 aliphatic carbocycles. The quantitative estimate of drug-likeness (QED) is 0.732. The third-order valence-electron chi connectivity index (χ3n) is 1.82. The largest absolute Gasteiger partial charge is 0.461 e. The Labute approximate surface area is 88.0 Å². The molecule has 0 radical (unpaired) electrons. The minimum Gasteiger partial charge on any atom is -0.461 e. The molecule has 80 valence electrons. The molecular weight excluding hydrogens is 194 g/mol. The molecule has 0 heterocycles. The summed E-state index contributed by atoms with van der Waals surface area (Å²) in [5.41, 5.74) is 5.82. The number of primary amides is 1. The number of hydrogen-bond acceptors (Lipinski definition) is 3. The average Bonchev–Trinajstić information content (AvgIpc) is 2.25. The average molecular weight is 207 g/mol. The molecule has 0 saturated heterocycles. The van der Waals surface area contributed by atoms with Crippen LogP contribution >= 0.6 is 0 Å². The molecule has 0 bridgehead atoms. The van der Waals surface area contributed by atoms with Crippen LogP contribution in [0.5, 0.6) is 0 Å². The molecule has 0 saturated carbocycles. The van der Waals surface area contributed by atoms with E-state index in [1.807, 2.05) is 30.3 Å². The van der Waals surface area contributed by atoms with Crippen LogP contribution in [0.3, 0.4) is 0 Å². The van der Waals surface area contributed by atoms with Crippen LogP contribution in [0.15, 0.2) is 30.3 Å². The van der Waals surface area contributed by atoms with Crippen LogP contribution in [0.4, 0.5) is 0 Å². The second-order valence-corrected chi connectivity index (χ2v) is 3.11. The summed E-state index contributed by atoms with van der Waals surface area (Å²) >= 11 is 0. The van der Waals surface area contributed by atoms with Crippen LogP contribution < -0.4 is 5.73 Å². The molecule has 0 aliphatic heterocycles. The van der Waals surface area contributed by atoms with E-state index in [0.717, 1.165) is 5.56 Å². The minimum absolute atomic E-state index is 0.0353. The number of carbonyl (C=O) groups excluding carboxylic acids is 2. The van der Waals surface area contributed by atoms with Gasteiger partial charge in [0.05, 0.1) is 6.42 Å². The summed E-state index contributed by atoms with van der Waals surface area (Å²) in [4.78, 5) is 21.5. The lowest BCUT2D eigenvalue weighted by Crippen LogP contribution is -2.14. The van der Waals surface area contributed by atoms with Gasteiger partial charge in [0.15, 0.2) is 0 Å². The second kappa shape index (κ2) is 5.80. The SMILES string of the molecule is NC(=O)CCC(=O)OCc1ccccc1. The zero-order valence-electron chi connectivity index (χ0n) is 8.31. The summed E-state index contributed by atoms with van der Waals surface area (Å²) < 4.78 is 4.93. The Bertz CT molecular complexity index is 335. The fraction of sp³-hybridized carbons (Fsp3) is 0.273. The molecule has 2 N–H and O–H groups in total. The van der Waals surface area contributed by atoms with Crippen molar-refractivity contribution in [2.75, 3.05) is 0 Å². The van der Waals surface area contributed by atoms with E-state index in [1.54, 1.807) is 0 Å². The molecule has 15 heavy (non-hydrogen) atoms. The molecule has 0 fully saturated rings. The topological polar surface area (TPSA) is 69.4 Å². The zero-order valence-corrected chi connectivity index (χ0v) is 8.31. The predicted octanol–water partition coefficient (Wildman–Crippen LogP) is 0.995. The maximum atomic E-state index is 11.1. The van der Waals surface area contributed by atoms with E-state index < -0.39 is 11.9 Å². The minimum atomic E-state index is -0.494. The van der Waals surface area contributed by atoms with E-state index in [1.165, 1.54) is 0 Å². The normalized spacial score (nSPS) is 9.60. The van der Waals surface area contributed by atoms with Gasteiger partial charge in [0, 0.05) is 6.42 Å². The van der Waals surface area contributed by atoms with Gasteiger partial charge in [-0.25, -0.2) is 0 Å². The van der Waals surface area contributed by atoms with Crippen molar-refractivity contribution in [1.29, 1.82) is 0 Å². The van der Waals surface area contributed by atoms with Gasteiger partial charge in [-0.1, -0.05) is 30.3 Å². The Morgan fingerprint density at radius 1 is 1.13 bits per heavy atom. The fourth-order valence-corrected chi connectivity index (χ4v) is 1.04. The van der Waals surface area contributed by atoms with Crippen molar-refractivity contribution in [3.05, 3.63) is 35.9 Å². The Morgan fingerprint density at radius 3 is 2.40 bits per heavy atom. The molecule has 1 amide bonds. The van der Waals surface area contributed by atoms with Crippen molar-refractivity contribution in [2.45, 2.75) is 19.4 Å². The zero-order chi connectivity index (χ0) is 11.1. The van der Waals surface area contributed by atoms with Gasteiger partial charge in [-0.05, 0) is 5.56 Å². The smallest absolute Gasteiger partial charge is 0.306 e. The number of nitrogens with two attached hydrogens (primary N) is 1. The van der Waals surface area contributed by atoms with E-state index in [9.17, 15) is 9.59 Å². The number of carbonyl (C=O) groups is 2. The Kier molecular flexibility index (Phi) is 4.34. The van der Waals surface area contributed by atoms with Gasteiger partial charge < -0.3 is 10.5 Å². The Hall–Kier alpha value is -1.84. The Balaban J connectivity index is 2.26. The van der Waals surface area contributed by atoms with Gasteiger partial charge in [-0.15, -0.1) is 0 Å². The van der Waals surface area contributed by atoms with Crippen molar-refractivity contribution in [3.8, 4) is 0 Å². The van der Waals surface area contributed by atoms with E-state index in [-0.39, 0.29) is 19.4 Å². The number of esters is 1. The third-order valence-corrected chi connectivity index (χ3v) is 1.82. The summed E-state index contributed by atoms with van der Waals surface area (Å²) in [6.45, 7) is 0.235. The molecule has 0 atom stereocenters. The van der Waals surface area contributed by atoms with Gasteiger partial charge >= 0.3 is 5.97 Å². The number of hydrogen-bond donors (Lipinski definition) is 1. The van der Waals surface area contributed by atoms with Gasteiger partial charge in [0.2, 0.25) is 5.91 Å². The number of amides is 1. The van der Waals surface area contributed by atoms with E-state index >= 15 is 0 Å². The summed E-state index contributed by atoms with van der Waals surface area (Å²) in [7, 11) is 0. The standard InChI is InChI=1S/C11H13NO3/c12-10(13)6-7-11(14)15-8-9-4-2-1-3-5-9/h1-5H,6-8H2,(H2,12,13). The van der Waals surface area contributed by atoms with Crippen molar-refractivity contribution >= 4 is 11.9 Å². The van der Waals surface area contributed by atoms with Gasteiger partial charge in [-0.3, -0.25) is 9.59 Å². The first-order valence-corrected chi connectivity index (χ1v) is 4.66. The van der Waals surface area contributed by atoms with E-state index in [0.29, 0.717) is 0 Å². The molecule has 4 heteroatoms. The highest BCUT2D eigenvalue weighted by molar-refractivity contribution is 5.79. The first-order valence-electron chi connectivity index (χ1n) is 4.66. The molecular formula is C11H13NO3. The monoisotopic (exact) mass is 207 g/mol. The highest BCUT2D eigenvalue weighted by Gasteiger charge is 2.05. The fourth-order valence-electron chi connectivity index (χ4n) is 1.04. The summed E-state index contributed by atoms with van der Waals surface area (Å²) in [6.07, 6.45) is 0.0792. The van der Waals surface area contributed by atoms with Gasteiger partial charge in [0.25, 0.3) is 0 Å². The maximum absolute atomic E-state index is 11.1. The maximum Gasteiger partial charge on any atom is 0.306 e. The molecule has 0 unspecified atom stereocenters. The number of rotatable bonds is 5. The lowest BCUT2D eigenvalue weighted by molar-refractivity contribution is -0.146. The van der Waals surface area contributed by atoms with Gasteiger partial charge in [0.1, 0.15) is 6.61 Å². The van der Waals surface area contributed by atoms with E-state index in [2.05, 4.69) is 0 Å². The number of ether oxygens (including phenoxy) is 1. The molecule has 0 spiro atoms. The van der Waals surface area contributed by atoms with Crippen molar-refractivity contribution in [3.63, 3.8) is 0 Å². The van der Waals surface area contributed by atoms with Crippen LogP contribution in [0.25, 0.3) is 0 Å². The summed E-state index contributed by atoms with van der Waals surface area (Å²) in [5, 5.41) is 0. The lowest BCUT2D eigenvalue weighted by Gasteiger charge is -2.03. The molecule has 0 aromatic heterocycles. The molecule has 1 aromatic carbocycles. The third kappa shape index (κ3) is 4.81. The molecule has 0 aliphatic rings. The van der Waals surface area contributed by atoms with Crippen molar-refractivity contribution in [1.82, 2.24) is 0 Å². The van der Waals surface area contributed by atoms with E-state index in [4.69, 9.17) is 10.5 Å². The predicted molar refractivity (Wildman–Crippen MR) is 54.7 cm³/mol. The first kappa shape index (κ1) is 11.2. The van der Waals surface area contributed by atoms with Crippen LogP contribution in [0.2, 0.25) is 0 Å². The highest BCUT2D eigenvalue weighted by Crippen LogP contribution is 2.02. The van der Waals surface area contributed by atoms with Crippen molar-refractivity contribution < 1.29 is 14.3 Å². The van der Waals surface area contributed by atoms with Crippen LogP contribution in [-0.4, -0.2) is 11.9 Å². The van der Waals surface area contributed by atoms with Crippen LogP contribution in [0.1, 0.15) is 18.4 Å². The molecule has 1 rings (SSSR count).